The van der Waals surface area contributed by atoms with Crippen LogP contribution in [0.15, 0.2) is 140 Å². The first-order chi connectivity index (χ1) is 23.3. The Kier molecular flexibility index (Phi) is 5.44. The lowest BCUT2D eigenvalue weighted by atomic mass is 10.0. The summed E-state index contributed by atoms with van der Waals surface area (Å²) in [6.45, 7) is 0. The average Bonchev–Trinajstić information content (AvgIpc) is 3.48. The zero-order valence-corrected chi connectivity index (χ0v) is 24.9. The Morgan fingerprint density at radius 1 is 0.447 bits per heavy atom. The Morgan fingerprint density at radius 3 is 2.11 bits per heavy atom. The van der Waals surface area contributed by atoms with Crippen LogP contribution in [0.2, 0.25) is 0 Å². The van der Waals surface area contributed by atoms with Crippen LogP contribution in [0.4, 0.5) is 0 Å². The molecule has 4 aromatic carbocycles. The maximum atomic E-state index is 5.39. The number of para-hydroxylation sites is 1. The molecule has 7 nitrogen and oxygen atoms in total. The maximum Gasteiger partial charge on any atom is 0.162 e. The van der Waals surface area contributed by atoms with E-state index in [-0.39, 0.29) is 0 Å². The smallest absolute Gasteiger partial charge is 0.162 e. The highest BCUT2D eigenvalue weighted by atomic mass is 15.1. The Morgan fingerprint density at radius 2 is 1.19 bits per heavy atom. The van der Waals surface area contributed by atoms with E-state index in [4.69, 9.17) is 24.9 Å². The van der Waals surface area contributed by atoms with Crippen molar-refractivity contribution in [2.45, 2.75) is 0 Å². The minimum absolute atomic E-state index is 0.581. The van der Waals surface area contributed by atoms with Gasteiger partial charge in [-0.25, -0.2) is 19.9 Å². The number of rotatable bonds is 3. The van der Waals surface area contributed by atoms with Crippen molar-refractivity contribution in [2.75, 3.05) is 0 Å². The fourth-order valence-corrected chi connectivity index (χ4v) is 6.79. The number of hydrogen-bond donors (Lipinski definition) is 0. The third-order valence-corrected chi connectivity index (χ3v) is 8.92. The van der Waals surface area contributed by atoms with Gasteiger partial charge in [0.25, 0.3) is 0 Å². The number of benzene rings is 4. The Hall–Kier alpha value is -6.60. The first-order valence-electron chi connectivity index (χ1n) is 15.5. The molecule has 10 aromatic rings. The molecule has 0 aliphatic rings. The predicted octanol–water partition coefficient (Wildman–Crippen LogP) is 9.10. The molecule has 0 fully saturated rings. The van der Waals surface area contributed by atoms with Crippen molar-refractivity contribution in [3.05, 3.63) is 140 Å². The molecule has 0 saturated heterocycles. The first-order valence-corrected chi connectivity index (χ1v) is 15.5. The van der Waals surface area contributed by atoms with Crippen LogP contribution in [0.5, 0.6) is 0 Å². The van der Waals surface area contributed by atoms with Crippen molar-refractivity contribution in [3.63, 3.8) is 0 Å². The minimum atomic E-state index is 0.581. The molecule has 218 valence electrons. The fourth-order valence-electron chi connectivity index (χ4n) is 6.79. The average molecular weight is 602 g/mol. The van der Waals surface area contributed by atoms with Crippen molar-refractivity contribution < 1.29 is 0 Å². The van der Waals surface area contributed by atoms with Crippen LogP contribution in [0, 0.1) is 0 Å². The summed E-state index contributed by atoms with van der Waals surface area (Å²) < 4.78 is 2.16. The SMILES string of the molecule is c1ccc(-c2ccc3ccc4c(-n5c6ccccc6c6cccnc65)nc(-c5cc6cccnc6c6ncccc56)nc4c3n2)cc1. The van der Waals surface area contributed by atoms with E-state index >= 15 is 0 Å². The topological polar surface area (TPSA) is 82.3 Å². The molecule has 10 rings (SSSR count). The van der Waals surface area contributed by atoms with Gasteiger partial charge in [0.1, 0.15) is 11.2 Å². The van der Waals surface area contributed by atoms with Gasteiger partial charge in [-0.3, -0.25) is 14.5 Å². The lowest BCUT2D eigenvalue weighted by molar-refractivity contribution is 1.06. The zero-order valence-electron chi connectivity index (χ0n) is 24.9. The Balaban J connectivity index is 1.38. The van der Waals surface area contributed by atoms with Crippen LogP contribution in [0.3, 0.4) is 0 Å². The van der Waals surface area contributed by atoms with Gasteiger partial charge in [0.15, 0.2) is 11.6 Å². The molecule has 0 bridgehead atoms. The van der Waals surface area contributed by atoms with Gasteiger partial charge >= 0.3 is 0 Å². The first kappa shape index (κ1) is 25.7. The van der Waals surface area contributed by atoms with E-state index in [2.05, 4.69) is 94.5 Å². The maximum absolute atomic E-state index is 5.39. The lowest BCUT2D eigenvalue weighted by Crippen LogP contribution is -2.04. The molecule has 0 saturated carbocycles. The molecule has 0 aliphatic carbocycles. The molecule has 47 heavy (non-hydrogen) atoms. The highest BCUT2D eigenvalue weighted by Crippen LogP contribution is 2.38. The van der Waals surface area contributed by atoms with E-state index in [1.165, 1.54) is 0 Å². The molecule has 0 aliphatic heterocycles. The number of fused-ring (bicyclic) bond motifs is 9. The third-order valence-electron chi connectivity index (χ3n) is 8.92. The van der Waals surface area contributed by atoms with Crippen LogP contribution < -0.4 is 0 Å². The van der Waals surface area contributed by atoms with Gasteiger partial charge in [-0.15, -0.1) is 0 Å². The summed E-state index contributed by atoms with van der Waals surface area (Å²) in [4.78, 5) is 30.3. The summed E-state index contributed by atoms with van der Waals surface area (Å²) in [5, 5.41) is 5.97. The van der Waals surface area contributed by atoms with Gasteiger partial charge in [-0.1, -0.05) is 72.8 Å². The predicted molar refractivity (Wildman–Crippen MR) is 188 cm³/mol. The van der Waals surface area contributed by atoms with Crippen LogP contribution in [0.1, 0.15) is 0 Å². The summed E-state index contributed by atoms with van der Waals surface area (Å²) in [6, 6.07) is 41.3. The van der Waals surface area contributed by atoms with E-state index in [9.17, 15) is 0 Å². The molecule has 0 N–H and O–H groups in total. The molecule has 0 amide bonds. The monoisotopic (exact) mass is 601 g/mol. The molecule has 7 heteroatoms. The quantitative estimate of drug-likeness (QED) is 0.188. The highest BCUT2D eigenvalue weighted by molar-refractivity contribution is 6.13. The number of nitrogens with zero attached hydrogens (tertiary/aromatic N) is 7. The normalized spacial score (nSPS) is 11.8. The summed E-state index contributed by atoms with van der Waals surface area (Å²) in [6.07, 6.45) is 5.44. The van der Waals surface area contributed by atoms with E-state index in [1.807, 2.05) is 42.6 Å². The third kappa shape index (κ3) is 3.87. The number of hydrogen-bond acceptors (Lipinski definition) is 6. The van der Waals surface area contributed by atoms with Gasteiger partial charge < -0.3 is 0 Å². The fraction of sp³-hybridized carbons (Fsp3) is 0. The van der Waals surface area contributed by atoms with Crippen LogP contribution in [-0.2, 0) is 0 Å². The summed E-state index contributed by atoms with van der Waals surface area (Å²) in [5.74, 6) is 1.32. The molecular formula is C40H23N7. The van der Waals surface area contributed by atoms with Gasteiger partial charge in [0, 0.05) is 62.0 Å². The van der Waals surface area contributed by atoms with E-state index in [0.717, 1.165) is 88.2 Å². The molecular weight excluding hydrogens is 578 g/mol. The molecule has 0 atom stereocenters. The van der Waals surface area contributed by atoms with Gasteiger partial charge in [0.2, 0.25) is 0 Å². The summed E-state index contributed by atoms with van der Waals surface area (Å²) >= 11 is 0. The molecule has 0 radical (unpaired) electrons. The van der Waals surface area contributed by atoms with Gasteiger partial charge in [-0.2, -0.15) is 0 Å². The Labute approximate surface area is 267 Å². The highest BCUT2D eigenvalue weighted by Gasteiger charge is 2.21. The van der Waals surface area contributed by atoms with E-state index in [0.29, 0.717) is 5.82 Å². The second kappa shape index (κ2) is 9.95. The number of pyridine rings is 4. The summed E-state index contributed by atoms with van der Waals surface area (Å²) in [5.41, 5.74) is 7.90. The van der Waals surface area contributed by atoms with Crippen molar-refractivity contribution in [2.24, 2.45) is 0 Å². The number of aromatic nitrogens is 7. The van der Waals surface area contributed by atoms with Crippen molar-refractivity contribution in [3.8, 4) is 28.5 Å². The Bertz CT molecular complexity index is 2810. The largest absolute Gasteiger partial charge is 0.277 e. The van der Waals surface area contributed by atoms with Crippen LogP contribution in [-0.4, -0.2) is 34.5 Å². The second-order valence-corrected chi connectivity index (χ2v) is 11.6. The van der Waals surface area contributed by atoms with Crippen LogP contribution >= 0.6 is 0 Å². The summed E-state index contributed by atoms with van der Waals surface area (Å²) in [7, 11) is 0. The van der Waals surface area contributed by atoms with Crippen molar-refractivity contribution in [1.82, 2.24) is 34.5 Å². The zero-order chi connectivity index (χ0) is 30.9. The van der Waals surface area contributed by atoms with Gasteiger partial charge in [-0.05, 0) is 48.5 Å². The van der Waals surface area contributed by atoms with Gasteiger partial charge in [0.05, 0.1) is 27.8 Å². The lowest BCUT2D eigenvalue weighted by Gasteiger charge is -2.15. The second-order valence-electron chi connectivity index (χ2n) is 11.6. The molecule has 0 unspecified atom stereocenters. The molecule has 6 aromatic heterocycles. The molecule has 6 heterocycles. The van der Waals surface area contributed by atoms with Crippen molar-refractivity contribution in [1.29, 1.82) is 0 Å². The van der Waals surface area contributed by atoms with Crippen LogP contribution in [0.25, 0.3) is 94.0 Å². The van der Waals surface area contributed by atoms with Crippen molar-refractivity contribution >= 4 is 65.5 Å². The van der Waals surface area contributed by atoms with E-state index in [1.54, 1.807) is 12.4 Å². The molecule has 0 spiro atoms. The van der Waals surface area contributed by atoms with E-state index < -0.39 is 0 Å². The minimum Gasteiger partial charge on any atom is -0.277 e. The standard InChI is InChI=1S/C40H23N7/c1-2-9-24(10-3-1)32-19-17-25-16-18-30-37(35(25)44-32)45-38(31-23-26-11-6-20-41-34(26)36-28(31)13-7-21-42-36)46-40(30)47-33-15-5-4-12-27(33)29-14-8-22-43-39(29)47/h1-23H.